The van der Waals surface area contributed by atoms with Crippen molar-refractivity contribution in [2.45, 2.75) is 77.6 Å². The number of nitrogens with zero attached hydrogens (tertiary/aromatic N) is 2. The number of rotatable bonds is 4. The Labute approximate surface area is 176 Å². The van der Waals surface area contributed by atoms with Gasteiger partial charge < -0.3 is 15.4 Å². The van der Waals surface area contributed by atoms with Crippen molar-refractivity contribution in [2.24, 2.45) is 22.2 Å². The van der Waals surface area contributed by atoms with E-state index >= 15 is 0 Å². The topological polar surface area (TPSA) is 48.9 Å². The highest BCUT2D eigenvalue weighted by Gasteiger charge is 2.66. The molecule has 4 fully saturated rings. The monoisotopic (exact) mass is 476 g/mol. The summed E-state index contributed by atoms with van der Waals surface area (Å²) in [5.74, 6) is 2.39. The second-order valence-electron chi connectivity index (χ2n) is 9.05. The highest BCUT2D eigenvalue weighted by atomic mass is 127. The third-order valence-electron chi connectivity index (χ3n) is 7.34. The molecule has 2 saturated carbocycles. The number of nitrogens with one attached hydrogen (secondary N) is 2. The van der Waals surface area contributed by atoms with Gasteiger partial charge in [-0.1, -0.05) is 13.3 Å². The van der Waals surface area contributed by atoms with Gasteiger partial charge in [-0.2, -0.15) is 0 Å². The third kappa shape index (κ3) is 3.39. The summed E-state index contributed by atoms with van der Waals surface area (Å²) in [6.45, 7) is 13.2. The van der Waals surface area contributed by atoms with Crippen LogP contribution in [-0.4, -0.2) is 61.3 Å². The summed E-state index contributed by atoms with van der Waals surface area (Å²) in [5, 5.41) is 7.62. The summed E-state index contributed by atoms with van der Waals surface area (Å²) in [4.78, 5) is 7.36. The van der Waals surface area contributed by atoms with Crippen molar-refractivity contribution in [1.29, 1.82) is 0 Å². The maximum atomic E-state index is 6.07. The van der Waals surface area contributed by atoms with Crippen LogP contribution in [0.3, 0.4) is 0 Å². The molecule has 0 bridgehead atoms. The number of halogens is 1. The van der Waals surface area contributed by atoms with Crippen molar-refractivity contribution in [1.82, 2.24) is 15.5 Å². The maximum absolute atomic E-state index is 6.07. The summed E-state index contributed by atoms with van der Waals surface area (Å²) >= 11 is 0. The highest BCUT2D eigenvalue weighted by Crippen LogP contribution is 2.62. The van der Waals surface area contributed by atoms with Crippen LogP contribution in [0.25, 0.3) is 0 Å². The highest BCUT2D eigenvalue weighted by molar-refractivity contribution is 14.0. The molecule has 0 aromatic rings. The predicted molar refractivity (Wildman–Crippen MR) is 117 cm³/mol. The molecule has 26 heavy (non-hydrogen) atoms. The molecular weight excluding hydrogens is 439 g/mol. The van der Waals surface area contributed by atoms with E-state index in [0.29, 0.717) is 41.5 Å². The van der Waals surface area contributed by atoms with Crippen LogP contribution >= 0.6 is 24.0 Å². The molecule has 0 amide bonds. The fourth-order valence-electron chi connectivity index (χ4n) is 5.68. The number of fused-ring (bicyclic) bond motifs is 2. The minimum Gasteiger partial charge on any atom is -0.377 e. The fourth-order valence-corrected chi connectivity index (χ4v) is 5.68. The molecule has 0 aromatic heterocycles. The van der Waals surface area contributed by atoms with Gasteiger partial charge in [-0.25, -0.2) is 0 Å². The fraction of sp³-hybridized carbons (Fsp3) is 0.950. The van der Waals surface area contributed by atoms with Crippen LogP contribution < -0.4 is 10.6 Å². The summed E-state index contributed by atoms with van der Waals surface area (Å²) < 4.78 is 6.07. The lowest BCUT2D eigenvalue weighted by atomic mass is 9.46. The Morgan fingerprint density at radius 2 is 2.04 bits per heavy atom. The predicted octanol–water partition coefficient (Wildman–Crippen LogP) is 2.85. The molecule has 2 saturated heterocycles. The van der Waals surface area contributed by atoms with Gasteiger partial charge in [0.1, 0.15) is 0 Å². The molecule has 1 spiro atoms. The van der Waals surface area contributed by atoms with E-state index in [4.69, 9.17) is 9.73 Å². The van der Waals surface area contributed by atoms with Gasteiger partial charge >= 0.3 is 0 Å². The second-order valence-corrected chi connectivity index (χ2v) is 9.05. The number of guanidine groups is 1. The van der Waals surface area contributed by atoms with Crippen molar-refractivity contribution in [3.63, 3.8) is 0 Å². The molecule has 150 valence electrons. The van der Waals surface area contributed by atoms with Gasteiger partial charge in [-0.3, -0.25) is 9.89 Å². The lowest BCUT2D eigenvalue weighted by molar-refractivity contribution is -0.171. The van der Waals surface area contributed by atoms with E-state index < -0.39 is 0 Å². The van der Waals surface area contributed by atoms with Gasteiger partial charge in [-0.05, 0) is 46.0 Å². The van der Waals surface area contributed by atoms with Crippen LogP contribution in [0.5, 0.6) is 0 Å². The molecule has 2 aliphatic carbocycles. The smallest absolute Gasteiger partial charge is 0.191 e. The van der Waals surface area contributed by atoms with Crippen LogP contribution in [0, 0.1) is 17.3 Å². The van der Waals surface area contributed by atoms with Gasteiger partial charge in [-0.15, -0.1) is 24.0 Å². The van der Waals surface area contributed by atoms with Gasteiger partial charge in [0.05, 0.1) is 6.10 Å². The van der Waals surface area contributed by atoms with Crippen LogP contribution in [-0.2, 0) is 4.74 Å². The first kappa shape index (κ1) is 20.6. The molecule has 4 aliphatic rings. The lowest BCUT2D eigenvalue weighted by Gasteiger charge is -2.63. The Kier molecular flexibility index (Phi) is 6.44. The molecule has 0 radical (unpaired) electrons. The molecule has 5 unspecified atom stereocenters. The SMILES string of the molecule is CCN=C(NC1CN(C(C)C)CC1C)NC1C2CCOC2C12CCC2.I. The van der Waals surface area contributed by atoms with Crippen LogP contribution in [0.4, 0.5) is 0 Å². The third-order valence-corrected chi connectivity index (χ3v) is 7.34. The van der Waals surface area contributed by atoms with Gasteiger partial charge in [0.2, 0.25) is 0 Å². The Hall–Kier alpha value is -0.0800. The molecule has 5 nitrogen and oxygen atoms in total. The minimum atomic E-state index is 0. The number of hydrogen-bond acceptors (Lipinski definition) is 3. The van der Waals surface area contributed by atoms with E-state index in [1.54, 1.807) is 0 Å². The van der Waals surface area contributed by atoms with E-state index in [0.717, 1.165) is 25.7 Å². The summed E-state index contributed by atoms with van der Waals surface area (Å²) in [5.41, 5.74) is 0.405. The molecular formula is C20H37IN4O. The number of ether oxygens (including phenoxy) is 1. The Morgan fingerprint density at radius 1 is 1.27 bits per heavy atom. The van der Waals surface area contributed by atoms with Crippen LogP contribution in [0.15, 0.2) is 4.99 Å². The van der Waals surface area contributed by atoms with E-state index in [-0.39, 0.29) is 24.0 Å². The zero-order valence-corrected chi connectivity index (χ0v) is 19.2. The second kappa shape index (κ2) is 8.11. The normalized spacial score (nSPS) is 38.5. The Morgan fingerprint density at radius 3 is 2.62 bits per heavy atom. The zero-order chi connectivity index (χ0) is 17.6. The summed E-state index contributed by atoms with van der Waals surface area (Å²) in [6.07, 6.45) is 5.74. The van der Waals surface area contributed by atoms with E-state index in [2.05, 4.69) is 43.2 Å². The standard InChI is InChI=1S/C20H36N4O.HI/c1-5-21-19(22-16-12-24(13(2)3)11-14(16)4)23-17-15-7-10-25-18(15)20(17)8-6-9-20;/h13-18H,5-12H2,1-4H3,(H2,21,22,23);1H. The van der Waals surface area contributed by atoms with Gasteiger partial charge in [0, 0.05) is 55.7 Å². The van der Waals surface area contributed by atoms with E-state index in [9.17, 15) is 0 Å². The number of likely N-dealkylation sites (tertiary alicyclic amines) is 1. The Balaban J connectivity index is 0.00000196. The van der Waals surface area contributed by atoms with Crippen molar-refractivity contribution in [3.05, 3.63) is 0 Å². The van der Waals surface area contributed by atoms with Gasteiger partial charge in [0.15, 0.2) is 5.96 Å². The van der Waals surface area contributed by atoms with Crippen LogP contribution in [0.1, 0.15) is 53.4 Å². The van der Waals surface area contributed by atoms with Crippen LogP contribution in [0.2, 0.25) is 0 Å². The van der Waals surface area contributed by atoms with Crippen molar-refractivity contribution in [2.75, 3.05) is 26.2 Å². The number of aliphatic imine (C=N–C) groups is 1. The molecule has 0 aromatic carbocycles. The average molecular weight is 476 g/mol. The molecule has 6 heteroatoms. The van der Waals surface area contributed by atoms with Gasteiger partial charge in [0.25, 0.3) is 0 Å². The van der Waals surface area contributed by atoms with Crippen molar-refractivity contribution >= 4 is 29.9 Å². The number of hydrogen-bond donors (Lipinski definition) is 2. The van der Waals surface area contributed by atoms with E-state index in [1.165, 1.54) is 32.2 Å². The molecule has 4 rings (SSSR count). The van der Waals surface area contributed by atoms with Crippen molar-refractivity contribution in [3.8, 4) is 0 Å². The lowest BCUT2D eigenvalue weighted by Crippen LogP contribution is -2.72. The summed E-state index contributed by atoms with van der Waals surface area (Å²) in [6, 6.07) is 1.67. The first-order chi connectivity index (χ1) is 12.0. The Bertz CT molecular complexity index is 522. The maximum Gasteiger partial charge on any atom is 0.191 e. The minimum absolute atomic E-state index is 0. The molecule has 2 aliphatic heterocycles. The average Bonchev–Trinajstić information content (AvgIpc) is 3.09. The quantitative estimate of drug-likeness (QED) is 0.372. The zero-order valence-electron chi connectivity index (χ0n) is 16.8. The summed E-state index contributed by atoms with van der Waals surface area (Å²) in [7, 11) is 0. The molecule has 2 heterocycles. The molecule has 2 N–H and O–H groups in total. The molecule has 5 atom stereocenters. The first-order valence-corrected chi connectivity index (χ1v) is 10.5. The largest absolute Gasteiger partial charge is 0.377 e. The first-order valence-electron chi connectivity index (χ1n) is 10.5. The van der Waals surface area contributed by atoms with E-state index in [1.807, 2.05) is 0 Å². The van der Waals surface area contributed by atoms with Crippen molar-refractivity contribution < 1.29 is 4.74 Å².